The number of unbranched alkanes of at least 4 members (excludes halogenated alkanes) is 11. The van der Waals surface area contributed by atoms with E-state index in [1.807, 2.05) is 24.2 Å². The predicted molar refractivity (Wildman–Crippen MR) is 109 cm³/mol. The van der Waals surface area contributed by atoms with Gasteiger partial charge in [0.25, 0.3) is 0 Å². The summed E-state index contributed by atoms with van der Waals surface area (Å²) in [6, 6.07) is 0. The number of rotatable bonds is 16. The third-order valence-corrected chi connectivity index (χ3v) is 5.07. The van der Waals surface area contributed by atoms with E-state index >= 15 is 0 Å². The molecule has 0 radical (unpaired) electrons. The highest BCUT2D eigenvalue weighted by molar-refractivity contribution is 4.94. The summed E-state index contributed by atoms with van der Waals surface area (Å²) in [6.45, 7) is 4.10. The van der Waals surface area contributed by atoms with Crippen LogP contribution in [0.25, 0.3) is 0 Å². The number of hydrogen-bond acceptors (Lipinski definition) is 3. The zero-order chi connectivity index (χ0) is 18.2. The number of nitrogens with zero attached hydrogens (tertiary/aromatic N) is 1. The lowest BCUT2D eigenvalue weighted by Crippen LogP contribution is -2.40. The van der Waals surface area contributed by atoms with Crippen molar-refractivity contribution in [2.75, 3.05) is 0 Å². The largest absolute Gasteiger partial charge is 0.374 e. The first-order valence-corrected chi connectivity index (χ1v) is 10.8. The molecule has 0 saturated heterocycles. The average molecular weight is 351 g/mol. The Kier molecular flexibility index (Phi) is 13.5. The molecule has 0 aliphatic carbocycles. The molecular formula is C22H42N2O. The van der Waals surface area contributed by atoms with E-state index in [9.17, 15) is 5.11 Å². The third-order valence-electron chi connectivity index (χ3n) is 5.07. The van der Waals surface area contributed by atoms with Crippen LogP contribution < -0.4 is 5.32 Å². The van der Waals surface area contributed by atoms with Crippen LogP contribution in [0.1, 0.15) is 104 Å². The van der Waals surface area contributed by atoms with E-state index < -0.39 is 6.23 Å². The summed E-state index contributed by atoms with van der Waals surface area (Å²) in [6.07, 6.45) is 27.1. The Bertz CT molecular complexity index is 352. The molecule has 0 bridgehead atoms. The fourth-order valence-electron chi connectivity index (χ4n) is 3.46. The molecule has 2 atom stereocenters. The third kappa shape index (κ3) is 11.3. The maximum Gasteiger partial charge on any atom is 0.125 e. The predicted octanol–water partition coefficient (Wildman–Crippen LogP) is 6.06. The topological polar surface area (TPSA) is 35.5 Å². The fourth-order valence-corrected chi connectivity index (χ4v) is 3.46. The molecule has 3 nitrogen and oxygen atoms in total. The van der Waals surface area contributed by atoms with Gasteiger partial charge in [-0.05, 0) is 45.4 Å². The van der Waals surface area contributed by atoms with Crippen molar-refractivity contribution in [1.82, 2.24) is 10.2 Å². The van der Waals surface area contributed by atoms with Crippen LogP contribution in [0.3, 0.4) is 0 Å². The van der Waals surface area contributed by atoms with Crippen molar-refractivity contribution in [1.29, 1.82) is 0 Å². The van der Waals surface area contributed by atoms with Gasteiger partial charge in [0.1, 0.15) is 12.4 Å². The molecule has 1 rings (SSSR count). The van der Waals surface area contributed by atoms with Gasteiger partial charge in [-0.3, -0.25) is 0 Å². The normalized spacial score (nSPS) is 18.2. The summed E-state index contributed by atoms with van der Waals surface area (Å²) in [4.78, 5) is 2.00. The van der Waals surface area contributed by atoms with Crippen LogP contribution >= 0.6 is 0 Å². The second kappa shape index (κ2) is 15.3. The van der Waals surface area contributed by atoms with Crippen LogP contribution in [-0.4, -0.2) is 22.4 Å². The summed E-state index contributed by atoms with van der Waals surface area (Å²) >= 11 is 0. The van der Waals surface area contributed by atoms with E-state index in [0.717, 1.165) is 6.42 Å². The number of nitrogens with one attached hydrogen (secondary N) is 1. The standard InChI is InChI=1S/C22H42N2O/c1-3-4-5-6-7-8-9-10-11-12-13-14-15-16-17-18-22-23-19-20-24(22)21(2)25/h9-10,19-23,25H,3-8,11-18H2,1-2H3/b10-9+. The van der Waals surface area contributed by atoms with Crippen LogP contribution in [0.2, 0.25) is 0 Å². The van der Waals surface area contributed by atoms with E-state index in [2.05, 4.69) is 24.4 Å². The first-order valence-electron chi connectivity index (χ1n) is 10.8. The Morgan fingerprint density at radius 3 is 2.08 bits per heavy atom. The van der Waals surface area contributed by atoms with Crippen molar-refractivity contribution in [2.24, 2.45) is 0 Å². The minimum absolute atomic E-state index is 0.284. The van der Waals surface area contributed by atoms with Crippen LogP contribution in [0, 0.1) is 0 Å². The molecule has 2 N–H and O–H groups in total. The van der Waals surface area contributed by atoms with Crippen molar-refractivity contribution < 1.29 is 5.11 Å². The van der Waals surface area contributed by atoms with E-state index in [4.69, 9.17) is 0 Å². The highest BCUT2D eigenvalue weighted by Gasteiger charge is 2.20. The fraction of sp³-hybridized carbons (Fsp3) is 0.818. The first-order chi connectivity index (χ1) is 12.3. The second-order valence-electron chi connectivity index (χ2n) is 7.45. The number of aliphatic hydroxyl groups is 1. The van der Waals surface area contributed by atoms with Crippen molar-refractivity contribution in [3.8, 4) is 0 Å². The van der Waals surface area contributed by atoms with Gasteiger partial charge in [-0.15, -0.1) is 0 Å². The molecule has 0 fully saturated rings. The molecule has 0 amide bonds. The summed E-state index contributed by atoms with van der Waals surface area (Å²) in [7, 11) is 0. The monoisotopic (exact) mass is 350 g/mol. The molecule has 0 spiro atoms. The van der Waals surface area contributed by atoms with Gasteiger partial charge in [-0.25, -0.2) is 0 Å². The lowest BCUT2D eigenvalue weighted by Gasteiger charge is -2.28. The maximum atomic E-state index is 9.68. The Balaban J connectivity index is 1.82. The van der Waals surface area contributed by atoms with Crippen molar-refractivity contribution in [2.45, 2.75) is 116 Å². The van der Waals surface area contributed by atoms with Crippen LogP contribution in [0.4, 0.5) is 0 Å². The van der Waals surface area contributed by atoms with E-state index in [0.29, 0.717) is 0 Å². The molecule has 1 heterocycles. The van der Waals surface area contributed by atoms with Crippen LogP contribution in [0.15, 0.2) is 24.6 Å². The zero-order valence-corrected chi connectivity index (χ0v) is 16.8. The zero-order valence-electron chi connectivity index (χ0n) is 16.8. The lowest BCUT2D eigenvalue weighted by molar-refractivity contribution is 0.0254. The van der Waals surface area contributed by atoms with Crippen molar-refractivity contribution in [3.63, 3.8) is 0 Å². The molecule has 1 aliphatic rings. The van der Waals surface area contributed by atoms with Crippen molar-refractivity contribution in [3.05, 3.63) is 24.6 Å². The molecular weight excluding hydrogens is 308 g/mol. The summed E-state index contributed by atoms with van der Waals surface area (Å²) in [5.41, 5.74) is 0. The minimum Gasteiger partial charge on any atom is -0.374 e. The molecule has 3 heteroatoms. The quantitative estimate of drug-likeness (QED) is 0.262. The van der Waals surface area contributed by atoms with E-state index in [1.54, 1.807) is 0 Å². The van der Waals surface area contributed by atoms with Crippen molar-refractivity contribution >= 4 is 0 Å². The van der Waals surface area contributed by atoms with E-state index in [-0.39, 0.29) is 6.17 Å². The molecule has 146 valence electrons. The molecule has 2 unspecified atom stereocenters. The van der Waals surface area contributed by atoms with Crippen LogP contribution in [-0.2, 0) is 0 Å². The van der Waals surface area contributed by atoms with Gasteiger partial charge < -0.3 is 15.3 Å². The lowest BCUT2D eigenvalue weighted by atomic mass is 10.1. The highest BCUT2D eigenvalue weighted by atomic mass is 16.3. The molecule has 25 heavy (non-hydrogen) atoms. The summed E-state index contributed by atoms with van der Waals surface area (Å²) in [5, 5.41) is 13.0. The highest BCUT2D eigenvalue weighted by Crippen LogP contribution is 2.16. The van der Waals surface area contributed by atoms with Gasteiger partial charge in [0, 0.05) is 12.4 Å². The van der Waals surface area contributed by atoms with Gasteiger partial charge in [-0.1, -0.05) is 70.4 Å². The Morgan fingerprint density at radius 1 is 0.920 bits per heavy atom. The van der Waals surface area contributed by atoms with E-state index in [1.165, 1.54) is 83.5 Å². The summed E-state index contributed by atoms with van der Waals surface area (Å²) < 4.78 is 0. The number of hydrogen-bond donors (Lipinski definition) is 2. The van der Waals surface area contributed by atoms with Gasteiger partial charge in [-0.2, -0.15) is 0 Å². The van der Waals surface area contributed by atoms with Gasteiger partial charge in [0.2, 0.25) is 0 Å². The number of allylic oxidation sites excluding steroid dienone is 2. The Morgan fingerprint density at radius 2 is 1.48 bits per heavy atom. The molecule has 0 aromatic rings. The second-order valence-corrected chi connectivity index (χ2v) is 7.45. The Hall–Kier alpha value is -0.960. The summed E-state index contributed by atoms with van der Waals surface area (Å²) in [5.74, 6) is 0. The molecule has 1 aliphatic heterocycles. The molecule has 0 saturated carbocycles. The van der Waals surface area contributed by atoms with Gasteiger partial charge in [0.15, 0.2) is 0 Å². The average Bonchev–Trinajstić information content (AvgIpc) is 3.07. The minimum atomic E-state index is -0.402. The maximum absolute atomic E-state index is 9.68. The van der Waals surface area contributed by atoms with Crippen LogP contribution in [0.5, 0.6) is 0 Å². The van der Waals surface area contributed by atoms with Gasteiger partial charge in [0.05, 0.1) is 0 Å². The first kappa shape index (κ1) is 22.1. The Labute approximate surface area is 156 Å². The molecule has 0 aromatic carbocycles. The molecule has 0 aromatic heterocycles. The SMILES string of the molecule is CCCCCCC/C=C/CCCCCCCCC1NC=CN1C(C)O. The smallest absolute Gasteiger partial charge is 0.125 e. The number of aliphatic hydroxyl groups excluding tert-OH is 1. The van der Waals surface area contributed by atoms with Gasteiger partial charge >= 0.3 is 0 Å².